The summed E-state index contributed by atoms with van der Waals surface area (Å²) in [4.78, 5) is 53.8. The van der Waals surface area contributed by atoms with Crippen LogP contribution in [0.2, 0.25) is 0 Å². The van der Waals surface area contributed by atoms with E-state index in [0.717, 1.165) is 46.5 Å². The number of nitrogens with zero attached hydrogens (tertiary/aromatic N) is 2. The van der Waals surface area contributed by atoms with Crippen LogP contribution in [0.25, 0.3) is 0 Å². The zero-order chi connectivity index (χ0) is 24.5. The molecule has 0 atom stereocenters. The Kier molecular flexibility index (Phi) is 4.72. The molecule has 7 heteroatoms. The van der Waals surface area contributed by atoms with Crippen LogP contribution in [-0.4, -0.2) is 36.8 Å². The number of hydrogen-bond donors (Lipinski definition) is 0. The van der Waals surface area contributed by atoms with E-state index < -0.39 is 22.8 Å². The van der Waals surface area contributed by atoms with Gasteiger partial charge in [0.25, 0.3) is 0 Å². The average molecular weight is 473 g/mol. The number of rotatable bonds is 4. The fraction of sp³-hybridized carbons (Fsp3) is 0.429. The van der Waals surface area contributed by atoms with Crippen LogP contribution in [0.15, 0.2) is 36.4 Å². The molecule has 6 rings (SSSR count). The molecule has 2 fully saturated rings. The van der Waals surface area contributed by atoms with Crippen LogP contribution in [0.1, 0.15) is 61.8 Å². The Labute approximate surface area is 204 Å². The number of carbonyl (C=O) groups excluding carboxylic acids is 4. The van der Waals surface area contributed by atoms with Gasteiger partial charge in [0.2, 0.25) is 11.8 Å². The second-order valence-corrected chi connectivity index (χ2v) is 10.4. The standard InChI is InChI=1S/C28H28N2O5/c1-17(31)29-13-7-19-15-21(3-5-23(19)29)27(9-10-27)25(33)35-26(34)28(11-12-28)22-4-6-24-20(16-22)8-14-30(24)18(2)32/h3-6,15-16H,7-14H2,1-2H3. The summed E-state index contributed by atoms with van der Waals surface area (Å²) in [5.74, 6) is -0.922. The van der Waals surface area contributed by atoms with Crippen LogP contribution in [0.3, 0.4) is 0 Å². The van der Waals surface area contributed by atoms with Crippen molar-refractivity contribution < 1.29 is 23.9 Å². The smallest absolute Gasteiger partial charge is 0.324 e. The Morgan fingerprint density at radius 1 is 0.686 bits per heavy atom. The molecular weight excluding hydrogens is 444 g/mol. The van der Waals surface area contributed by atoms with E-state index in [1.165, 1.54) is 0 Å². The molecule has 0 radical (unpaired) electrons. The lowest BCUT2D eigenvalue weighted by Crippen LogP contribution is -2.32. The molecule has 2 saturated carbocycles. The summed E-state index contributed by atoms with van der Waals surface area (Å²) >= 11 is 0. The van der Waals surface area contributed by atoms with Gasteiger partial charge < -0.3 is 14.5 Å². The number of anilines is 2. The third kappa shape index (κ3) is 3.32. The monoisotopic (exact) mass is 472 g/mol. The minimum absolute atomic E-state index is 0.0120. The molecule has 0 bridgehead atoms. The van der Waals surface area contributed by atoms with Gasteiger partial charge in [-0.3, -0.25) is 19.2 Å². The van der Waals surface area contributed by atoms with Crippen molar-refractivity contribution in [1.29, 1.82) is 0 Å². The van der Waals surface area contributed by atoms with E-state index >= 15 is 0 Å². The van der Waals surface area contributed by atoms with Gasteiger partial charge in [-0.25, -0.2) is 0 Å². The third-order valence-corrected chi connectivity index (χ3v) is 8.28. The van der Waals surface area contributed by atoms with Crippen molar-refractivity contribution in [1.82, 2.24) is 0 Å². The molecule has 0 aromatic heterocycles. The average Bonchev–Trinajstić information content (AvgIpc) is 3.73. The molecule has 0 unspecified atom stereocenters. The maximum Gasteiger partial charge on any atom is 0.324 e. The van der Waals surface area contributed by atoms with Gasteiger partial charge in [-0.15, -0.1) is 0 Å². The maximum absolute atomic E-state index is 13.3. The first kappa shape index (κ1) is 22.0. The van der Waals surface area contributed by atoms with Crippen molar-refractivity contribution in [3.05, 3.63) is 58.7 Å². The molecule has 2 aliphatic carbocycles. The molecule has 2 aromatic carbocycles. The highest BCUT2D eigenvalue weighted by atomic mass is 16.6. The second-order valence-electron chi connectivity index (χ2n) is 10.4. The van der Waals surface area contributed by atoms with Gasteiger partial charge in [0, 0.05) is 38.3 Å². The largest absolute Gasteiger partial charge is 0.392 e. The summed E-state index contributed by atoms with van der Waals surface area (Å²) in [6.07, 6.45) is 4.13. The number of benzene rings is 2. The fourth-order valence-corrected chi connectivity index (χ4v) is 5.80. The van der Waals surface area contributed by atoms with Crippen LogP contribution in [0.5, 0.6) is 0 Å². The number of amides is 2. The van der Waals surface area contributed by atoms with Gasteiger partial charge in [0.15, 0.2) is 0 Å². The molecule has 2 aliphatic heterocycles. The van der Waals surface area contributed by atoms with Gasteiger partial charge in [-0.1, -0.05) is 24.3 Å². The highest BCUT2D eigenvalue weighted by Crippen LogP contribution is 2.53. The topological polar surface area (TPSA) is 84.0 Å². The van der Waals surface area contributed by atoms with Crippen LogP contribution >= 0.6 is 0 Å². The summed E-state index contributed by atoms with van der Waals surface area (Å²) in [6, 6.07) is 11.6. The SMILES string of the molecule is CC(=O)N1CCc2cc(C3(C(=O)OC(=O)C4(c5ccc6c(c5)CCN6C(C)=O)CC4)CC3)ccc21. The van der Waals surface area contributed by atoms with E-state index in [9.17, 15) is 19.2 Å². The summed E-state index contributed by atoms with van der Waals surface area (Å²) in [5, 5.41) is 0. The number of hydrogen-bond acceptors (Lipinski definition) is 5. The van der Waals surface area contributed by atoms with Crippen molar-refractivity contribution in [2.75, 3.05) is 22.9 Å². The second kappa shape index (κ2) is 7.51. The van der Waals surface area contributed by atoms with Crippen LogP contribution in [-0.2, 0) is 47.6 Å². The maximum atomic E-state index is 13.3. The van der Waals surface area contributed by atoms with Gasteiger partial charge in [0.05, 0.1) is 10.8 Å². The first-order chi connectivity index (χ1) is 16.7. The lowest BCUT2D eigenvalue weighted by Gasteiger charge is -2.20. The van der Waals surface area contributed by atoms with Gasteiger partial charge >= 0.3 is 11.9 Å². The molecule has 0 N–H and O–H groups in total. The third-order valence-electron chi connectivity index (χ3n) is 8.28. The van der Waals surface area contributed by atoms with Crippen LogP contribution in [0.4, 0.5) is 11.4 Å². The Morgan fingerprint density at radius 3 is 1.43 bits per heavy atom. The molecule has 0 spiro atoms. The highest BCUT2D eigenvalue weighted by Gasteiger charge is 2.58. The first-order valence-electron chi connectivity index (χ1n) is 12.3. The Hall–Kier alpha value is -3.48. The molecule has 2 amide bonds. The van der Waals surface area contributed by atoms with E-state index in [1.807, 2.05) is 36.4 Å². The molecule has 35 heavy (non-hydrogen) atoms. The number of carbonyl (C=O) groups is 4. The van der Waals surface area contributed by atoms with E-state index in [4.69, 9.17) is 4.74 Å². The Balaban J connectivity index is 1.20. The molecule has 7 nitrogen and oxygen atoms in total. The van der Waals surface area contributed by atoms with Crippen LogP contribution in [0, 0.1) is 0 Å². The summed E-state index contributed by atoms with van der Waals surface area (Å²) in [6.45, 7) is 4.42. The van der Waals surface area contributed by atoms with Crippen molar-refractivity contribution >= 4 is 35.1 Å². The molecule has 2 heterocycles. The van der Waals surface area contributed by atoms with E-state index in [0.29, 0.717) is 38.8 Å². The van der Waals surface area contributed by atoms with Crippen molar-refractivity contribution in [3.63, 3.8) is 0 Å². The molecular formula is C28H28N2O5. The Bertz CT molecular complexity index is 1200. The van der Waals surface area contributed by atoms with E-state index in [2.05, 4.69) is 0 Å². The zero-order valence-corrected chi connectivity index (χ0v) is 20.1. The zero-order valence-electron chi connectivity index (χ0n) is 20.1. The van der Waals surface area contributed by atoms with E-state index in [-0.39, 0.29) is 11.8 Å². The fourth-order valence-electron chi connectivity index (χ4n) is 5.80. The molecule has 4 aliphatic rings. The molecule has 2 aromatic rings. The summed E-state index contributed by atoms with van der Waals surface area (Å²) in [5.41, 5.74) is 4.10. The lowest BCUT2D eigenvalue weighted by molar-refractivity contribution is -0.163. The van der Waals surface area contributed by atoms with Gasteiger partial charge in [-0.05, 0) is 72.9 Å². The minimum atomic E-state index is -0.773. The predicted octanol–water partition coefficient (Wildman–Crippen LogP) is 3.34. The van der Waals surface area contributed by atoms with Gasteiger partial charge in [-0.2, -0.15) is 0 Å². The number of esters is 2. The predicted molar refractivity (Wildman–Crippen MR) is 129 cm³/mol. The molecule has 180 valence electrons. The van der Waals surface area contributed by atoms with Gasteiger partial charge in [0.1, 0.15) is 0 Å². The van der Waals surface area contributed by atoms with Crippen LogP contribution < -0.4 is 9.80 Å². The normalized spacial score (nSPS) is 20.2. The number of fused-ring (bicyclic) bond motifs is 2. The highest BCUT2D eigenvalue weighted by molar-refractivity contribution is 6.00. The summed E-state index contributed by atoms with van der Waals surface area (Å²) < 4.78 is 5.56. The quantitative estimate of drug-likeness (QED) is 0.504. The first-order valence-corrected chi connectivity index (χ1v) is 12.3. The van der Waals surface area contributed by atoms with Crippen molar-refractivity contribution in [2.45, 2.75) is 63.2 Å². The Morgan fingerprint density at radius 2 is 1.09 bits per heavy atom. The van der Waals surface area contributed by atoms with Crippen molar-refractivity contribution in [2.24, 2.45) is 0 Å². The lowest BCUT2D eigenvalue weighted by atomic mass is 9.92. The van der Waals surface area contributed by atoms with E-state index in [1.54, 1.807) is 23.6 Å². The molecule has 0 saturated heterocycles. The summed E-state index contributed by atoms with van der Waals surface area (Å²) in [7, 11) is 0. The number of ether oxygens (including phenoxy) is 1. The van der Waals surface area contributed by atoms with Crippen molar-refractivity contribution in [3.8, 4) is 0 Å². The minimum Gasteiger partial charge on any atom is -0.392 e.